The second kappa shape index (κ2) is 12.4. The average Bonchev–Trinajstić information content (AvgIpc) is 3.13. The van der Waals surface area contributed by atoms with Gasteiger partial charge in [0.15, 0.2) is 0 Å². The highest BCUT2D eigenvalue weighted by molar-refractivity contribution is 7.90. The molecule has 11 heteroatoms. The molecule has 1 N–H and O–H groups in total. The monoisotopic (exact) mass is 601 g/mol. The van der Waals surface area contributed by atoms with Gasteiger partial charge in [0.05, 0.1) is 15.6 Å². The van der Waals surface area contributed by atoms with Gasteiger partial charge in [0.25, 0.3) is 15.9 Å². The summed E-state index contributed by atoms with van der Waals surface area (Å²) >= 11 is 12.3. The molecule has 3 aromatic rings. The number of sulfonamides is 1. The van der Waals surface area contributed by atoms with Gasteiger partial charge in [-0.15, -0.1) is 0 Å². The van der Waals surface area contributed by atoms with Crippen LogP contribution in [0.1, 0.15) is 41.8 Å². The molecule has 4 rings (SSSR count). The number of amides is 3. The van der Waals surface area contributed by atoms with Gasteiger partial charge >= 0.3 is 0 Å². The molecule has 0 aliphatic carbocycles. The summed E-state index contributed by atoms with van der Waals surface area (Å²) in [5, 5.41) is 3.54. The molecule has 0 fully saturated rings. The van der Waals surface area contributed by atoms with Crippen LogP contribution in [0.15, 0.2) is 77.7 Å². The van der Waals surface area contributed by atoms with Crippen molar-refractivity contribution in [1.29, 1.82) is 0 Å². The molecule has 1 aliphatic heterocycles. The average molecular weight is 603 g/mol. The van der Waals surface area contributed by atoms with Crippen molar-refractivity contribution in [1.82, 2.24) is 14.5 Å². The van der Waals surface area contributed by atoms with Crippen molar-refractivity contribution >= 4 is 50.9 Å². The summed E-state index contributed by atoms with van der Waals surface area (Å²) in [6, 6.07) is 18.7. The number of halogens is 2. The summed E-state index contributed by atoms with van der Waals surface area (Å²) in [7, 11) is -4.24. The molecule has 3 aromatic carbocycles. The summed E-state index contributed by atoms with van der Waals surface area (Å²) in [6.07, 6.45) is 0.834. The van der Waals surface area contributed by atoms with Crippen LogP contribution in [-0.4, -0.2) is 54.0 Å². The molecule has 0 unspecified atom stereocenters. The van der Waals surface area contributed by atoms with Gasteiger partial charge < -0.3 is 10.2 Å². The van der Waals surface area contributed by atoms with Crippen LogP contribution in [0.3, 0.4) is 0 Å². The van der Waals surface area contributed by atoms with Gasteiger partial charge in [-0.25, -0.2) is 12.7 Å². The Morgan fingerprint density at radius 1 is 0.950 bits per heavy atom. The van der Waals surface area contributed by atoms with Crippen molar-refractivity contribution in [2.75, 3.05) is 6.54 Å². The van der Waals surface area contributed by atoms with Gasteiger partial charge in [0.1, 0.15) is 17.5 Å². The standard InChI is InChI=1S/C29H29Cl2N3O5S/c1-3-19(2)32-28(36)25(16-20-9-5-4-6-10-20)33(17-21-13-14-23(30)24(31)15-21)27(35)18-34-29(37)22-11-7-8-12-26(22)40(34,38)39/h4-15,19,25H,3,16-18H2,1-2H3,(H,32,36)/t19-,25-/m0/s1. The third-order valence-electron chi connectivity index (χ3n) is 6.80. The summed E-state index contributed by atoms with van der Waals surface area (Å²) in [4.78, 5) is 41.8. The Balaban J connectivity index is 1.73. The van der Waals surface area contributed by atoms with Crippen LogP contribution in [0, 0.1) is 0 Å². The first-order chi connectivity index (χ1) is 19.0. The van der Waals surface area contributed by atoms with Crippen LogP contribution in [0.25, 0.3) is 0 Å². The number of hydrogen-bond acceptors (Lipinski definition) is 5. The minimum atomic E-state index is -4.24. The fourth-order valence-corrected chi connectivity index (χ4v) is 6.27. The van der Waals surface area contributed by atoms with Crippen LogP contribution in [0.5, 0.6) is 0 Å². The lowest BCUT2D eigenvalue weighted by Crippen LogP contribution is -2.54. The number of nitrogens with zero attached hydrogens (tertiary/aromatic N) is 2. The van der Waals surface area contributed by atoms with Gasteiger partial charge in [-0.05, 0) is 48.7 Å². The molecule has 1 aliphatic rings. The van der Waals surface area contributed by atoms with E-state index in [0.29, 0.717) is 21.3 Å². The fourth-order valence-electron chi connectivity index (χ4n) is 4.43. The van der Waals surface area contributed by atoms with Gasteiger partial charge in [0.2, 0.25) is 11.8 Å². The molecule has 0 saturated heterocycles. The lowest BCUT2D eigenvalue weighted by atomic mass is 10.0. The zero-order valence-corrected chi connectivity index (χ0v) is 24.3. The molecular formula is C29H29Cl2N3O5S. The smallest absolute Gasteiger partial charge is 0.269 e. The van der Waals surface area contributed by atoms with Crippen molar-refractivity contribution in [3.63, 3.8) is 0 Å². The lowest BCUT2D eigenvalue weighted by molar-refractivity contribution is -0.141. The summed E-state index contributed by atoms with van der Waals surface area (Å²) in [5.41, 5.74) is 1.38. The van der Waals surface area contributed by atoms with Crippen LogP contribution in [-0.2, 0) is 32.6 Å². The molecule has 8 nitrogen and oxygen atoms in total. The molecule has 3 amide bonds. The Labute approximate surface area is 243 Å². The quantitative estimate of drug-likeness (QED) is 0.363. The Morgan fingerprint density at radius 2 is 1.62 bits per heavy atom. The minimum Gasteiger partial charge on any atom is -0.352 e. The van der Waals surface area contributed by atoms with E-state index in [1.54, 1.807) is 24.3 Å². The Kier molecular flexibility index (Phi) is 9.18. The molecule has 0 saturated carbocycles. The summed E-state index contributed by atoms with van der Waals surface area (Å²) in [5.74, 6) is -1.90. The molecule has 2 atom stereocenters. The van der Waals surface area contributed by atoms with E-state index < -0.39 is 40.3 Å². The van der Waals surface area contributed by atoms with Gasteiger partial charge in [0, 0.05) is 19.0 Å². The maximum Gasteiger partial charge on any atom is 0.269 e. The van der Waals surface area contributed by atoms with E-state index in [-0.39, 0.29) is 34.5 Å². The normalized spacial score (nSPS) is 15.3. The lowest BCUT2D eigenvalue weighted by Gasteiger charge is -2.33. The first-order valence-electron chi connectivity index (χ1n) is 12.8. The maximum atomic E-state index is 14.0. The number of fused-ring (bicyclic) bond motifs is 1. The Bertz CT molecular complexity index is 1530. The summed E-state index contributed by atoms with van der Waals surface area (Å²) < 4.78 is 27.0. The highest BCUT2D eigenvalue weighted by Gasteiger charge is 2.43. The predicted octanol–water partition coefficient (Wildman–Crippen LogP) is 4.69. The maximum absolute atomic E-state index is 14.0. The SMILES string of the molecule is CC[C@H](C)NC(=O)[C@H](Cc1ccccc1)N(Cc1ccc(Cl)c(Cl)c1)C(=O)CN1C(=O)c2ccccc2S1(=O)=O. The first kappa shape index (κ1) is 29.6. The molecule has 0 bridgehead atoms. The van der Waals surface area contributed by atoms with E-state index in [4.69, 9.17) is 23.2 Å². The van der Waals surface area contributed by atoms with Crippen molar-refractivity contribution in [3.8, 4) is 0 Å². The topological polar surface area (TPSA) is 104 Å². The van der Waals surface area contributed by atoms with Gasteiger partial charge in [-0.1, -0.05) is 78.7 Å². The number of carbonyl (C=O) groups is 3. The van der Waals surface area contributed by atoms with Gasteiger partial charge in [-0.2, -0.15) is 0 Å². The Hall–Kier alpha value is -3.40. The highest BCUT2D eigenvalue weighted by Crippen LogP contribution is 2.30. The number of hydrogen-bond donors (Lipinski definition) is 1. The molecule has 40 heavy (non-hydrogen) atoms. The van der Waals surface area contributed by atoms with Crippen LogP contribution in [0.2, 0.25) is 10.0 Å². The fraction of sp³-hybridized carbons (Fsp3) is 0.276. The van der Waals surface area contributed by atoms with Crippen molar-refractivity contribution in [2.45, 2.75) is 50.2 Å². The highest BCUT2D eigenvalue weighted by atomic mass is 35.5. The third-order valence-corrected chi connectivity index (χ3v) is 9.33. The Morgan fingerprint density at radius 3 is 2.27 bits per heavy atom. The van der Waals surface area contributed by atoms with Crippen molar-refractivity contribution < 1.29 is 22.8 Å². The van der Waals surface area contributed by atoms with E-state index >= 15 is 0 Å². The first-order valence-corrected chi connectivity index (χ1v) is 15.0. The van der Waals surface area contributed by atoms with Gasteiger partial charge in [-0.3, -0.25) is 14.4 Å². The molecule has 0 radical (unpaired) electrons. The number of rotatable bonds is 10. The van der Waals surface area contributed by atoms with Crippen molar-refractivity contribution in [2.24, 2.45) is 0 Å². The zero-order chi connectivity index (χ0) is 29.0. The number of nitrogens with one attached hydrogen (secondary N) is 1. The van der Waals surface area contributed by atoms with E-state index in [2.05, 4.69) is 5.32 Å². The molecular weight excluding hydrogens is 573 g/mol. The second-order valence-corrected chi connectivity index (χ2v) is 12.3. The number of carbonyl (C=O) groups excluding carboxylic acids is 3. The van der Waals surface area contributed by atoms with Crippen LogP contribution >= 0.6 is 23.2 Å². The van der Waals surface area contributed by atoms with E-state index in [1.807, 2.05) is 44.2 Å². The van der Waals surface area contributed by atoms with E-state index in [1.165, 1.54) is 23.1 Å². The minimum absolute atomic E-state index is 0.00156. The molecule has 1 heterocycles. The van der Waals surface area contributed by atoms with E-state index in [9.17, 15) is 22.8 Å². The number of benzene rings is 3. The zero-order valence-electron chi connectivity index (χ0n) is 22.0. The third kappa shape index (κ3) is 6.32. The molecule has 210 valence electrons. The molecule has 0 aromatic heterocycles. The second-order valence-electron chi connectivity index (χ2n) is 9.61. The molecule has 0 spiro atoms. The van der Waals surface area contributed by atoms with E-state index in [0.717, 1.165) is 5.56 Å². The predicted molar refractivity (Wildman–Crippen MR) is 154 cm³/mol. The van der Waals surface area contributed by atoms with Crippen LogP contribution < -0.4 is 5.32 Å². The van der Waals surface area contributed by atoms with Crippen LogP contribution in [0.4, 0.5) is 0 Å². The largest absolute Gasteiger partial charge is 0.352 e. The van der Waals surface area contributed by atoms with Crippen molar-refractivity contribution in [3.05, 3.63) is 99.5 Å². The summed E-state index contributed by atoms with van der Waals surface area (Å²) in [6.45, 7) is 2.95.